The van der Waals surface area contributed by atoms with Crippen LogP contribution in [-0.2, 0) is 28.2 Å². The number of imide groups is 1. The van der Waals surface area contributed by atoms with Crippen molar-refractivity contribution in [1.29, 1.82) is 0 Å². The minimum atomic E-state index is -4.70. The number of hydrogen-bond donors (Lipinski definition) is 3. The van der Waals surface area contributed by atoms with Gasteiger partial charge in [0.1, 0.15) is 5.60 Å². The van der Waals surface area contributed by atoms with Gasteiger partial charge in [0.15, 0.2) is 0 Å². The number of nitrogens with zero attached hydrogens (tertiary/aromatic N) is 1. The third kappa shape index (κ3) is 3.28. The molecule has 3 aliphatic rings. The van der Waals surface area contributed by atoms with E-state index in [0.717, 1.165) is 4.90 Å². The number of amides is 3. The molecular weight excluding hydrogens is 379 g/mol. The van der Waals surface area contributed by atoms with Crippen molar-refractivity contribution in [3.63, 3.8) is 0 Å². The Morgan fingerprint density at radius 1 is 1.37 bits per heavy atom. The molecule has 2 bridgehead atoms. The van der Waals surface area contributed by atoms with E-state index in [1.165, 1.54) is 0 Å². The van der Waals surface area contributed by atoms with Crippen LogP contribution in [0.25, 0.3) is 0 Å². The molecule has 3 aliphatic heterocycles. The van der Waals surface area contributed by atoms with E-state index >= 15 is 0 Å². The molecule has 0 spiro atoms. The van der Waals surface area contributed by atoms with E-state index in [9.17, 15) is 18.9 Å². The first-order valence-corrected chi connectivity index (χ1v) is 9.83. The first-order chi connectivity index (χ1) is 12.4. The molecule has 4 atom stereocenters. The van der Waals surface area contributed by atoms with Crippen LogP contribution in [0.3, 0.4) is 0 Å². The monoisotopic (exact) mass is 400 g/mol. The van der Waals surface area contributed by atoms with E-state index < -0.39 is 49.3 Å². The summed E-state index contributed by atoms with van der Waals surface area (Å²) in [6.45, 7) is 6.03. The fraction of sp³-hybridized carbons (Fsp3) is 0.562. The molecule has 2 unspecified atom stereocenters. The summed E-state index contributed by atoms with van der Waals surface area (Å²) in [6, 6.07) is 0. The maximum Gasteiger partial charge on any atom is 0.469 e. The summed E-state index contributed by atoms with van der Waals surface area (Å²) in [5, 5.41) is 2.66. The van der Waals surface area contributed by atoms with Crippen molar-refractivity contribution in [2.75, 3.05) is 19.7 Å². The highest BCUT2D eigenvalue weighted by molar-refractivity contribution is 7.46. The van der Waals surface area contributed by atoms with E-state index in [1.54, 1.807) is 26.0 Å². The highest BCUT2D eigenvalue weighted by atomic mass is 31.2. The first kappa shape index (κ1) is 19.9. The van der Waals surface area contributed by atoms with E-state index in [1.807, 2.05) is 0 Å². The van der Waals surface area contributed by atoms with Gasteiger partial charge in [0, 0.05) is 5.57 Å². The number of carbonyl (C=O) groups excluding carboxylic acids is 3. The molecule has 0 saturated carbocycles. The molecule has 2 saturated heterocycles. The summed E-state index contributed by atoms with van der Waals surface area (Å²) in [7, 11) is -4.70. The summed E-state index contributed by atoms with van der Waals surface area (Å²) in [6.07, 6.45) is 3.40. The molecular formula is C16H21N2O8P. The minimum absolute atomic E-state index is 0.00219. The number of rotatable bonds is 7. The third-order valence-electron chi connectivity index (χ3n) is 5.13. The molecule has 3 N–H and O–H groups in total. The topological polar surface area (TPSA) is 142 Å². The van der Waals surface area contributed by atoms with E-state index in [0.29, 0.717) is 5.57 Å². The van der Waals surface area contributed by atoms with Gasteiger partial charge in [0.2, 0.25) is 17.7 Å². The van der Waals surface area contributed by atoms with Gasteiger partial charge in [-0.25, -0.2) is 4.57 Å². The highest BCUT2D eigenvalue weighted by Gasteiger charge is 2.71. The van der Waals surface area contributed by atoms with Crippen LogP contribution in [0.4, 0.5) is 0 Å². The van der Waals surface area contributed by atoms with Crippen LogP contribution in [0.2, 0.25) is 0 Å². The molecule has 0 aromatic carbocycles. The van der Waals surface area contributed by atoms with Gasteiger partial charge in [-0.15, -0.1) is 0 Å². The number of ether oxygens (including phenoxy) is 1. The second kappa shape index (κ2) is 6.35. The number of phosphoric acid groups is 1. The third-order valence-corrected chi connectivity index (χ3v) is 5.65. The van der Waals surface area contributed by atoms with Gasteiger partial charge in [-0.05, 0) is 13.8 Å². The van der Waals surface area contributed by atoms with Crippen LogP contribution in [0.1, 0.15) is 13.8 Å². The largest absolute Gasteiger partial charge is 0.469 e. The Labute approximate surface area is 155 Å². The molecule has 3 rings (SSSR count). The van der Waals surface area contributed by atoms with Crippen molar-refractivity contribution in [2.24, 2.45) is 11.8 Å². The smallest absolute Gasteiger partial charge is 0.357 e. The first-order valence-electron chi connectivity index (χ1n) is 8.30. The van der Waals surface area contributed by atoms with Crippen molar-refractivity contribution in [3.8, 4) is 0 Å². The summed E-state index contributed by atoms with van der Waals surface area (Å²) in [5.74, 6) is -2.99. The summed E-state index contributed by atoms with van der Waals surface area (Å²) in [5.41, 5.74) is -1.85. The Hall–Kier alpha value is -1.84. The van der Waals surface area contributed by atoms with Crippen molar-refractivity contribution < 1.29 is 38.0 Å². The van der Waals surface area contributed by atoms with Crippen LogP contribution in [0, 0.1) is 11.8 Å². The normalized spacial score (nSPS) is 34.3. The Morgan fingerprint density at radius 2 is 2.00 bits per heavy atom. The lowest BCUT2D eigenvalue weighted by molar-refractivity contribution is -0.147. The quantitative estimate of drug-likeness (QED) is 0.224. The second-order valence-electron chi connectivity index (χ2n) is 7.14. The van der Waals surface area contributed by atoms with E-state index in [-0.39, 0.29) is 19.0 Å². The Morgan fingerprint density at radius 3 is 2.59 bits per heavy atom. The lowest BCUT2D eigenvalue weighted by atomic mass is 9.72. The molecule has 11 heteroatoms. The molecule has 0 radical (unpaired) electrons. The van der Waals surface area contributed by atoms with Crippen LogP contribution < -0.4 is 5.32 Å². The SMILES string of the molecule is C=C(C)C(=O)NCC12C=C[C@@](C)(O1)[C@H]1C(=O)N(CCOP(=O)(O)O)C(=O)C12. The van der Waals surface area contributed by atoms with Crippen LogP contribution in [0.15, 0.2) is 24.3 Å². The standard InChI is InChI=1S/C16H21N2O8P/c1-9(2)12(19)17-8-16-5-4-15(3,26-16)10-11(16)14(21)18(13(10)20)6-7-25-27(22,23)24/h4-5,10-11H,1,6-8H2,2-3H3,(H,17,19)(H2,22,23,24)/t10-,11?,15-,16?/m1/s1. The number of phosphoric ester groups is 1. The van der Waals surface area contributed by atoms with Crippen LogP contribution in [0.5, 0.6) is 0 Å². The predicted octanol–water partition coefficient (Wildman–Crippen LogP) is -0.513. The zero-order valence-electron chi connectivity index (χ0n) is 14.9. The fourth-order valence-electron chi connectivity index (χ4n) is 3.96. The predicted molar refractivity (Wildman–Crippen MR) is 90.9 cm³/mol. The van der Waals surface area contributed by atoms with Gasteiger partial charge < -0.3 is 19.8 Å². The second-order valence-corrected chi connectivity index (χ2v) is 8.38. The molecule has 10 nitrogen and oxygen atoms in total. The summed E-state index contributed by atoms with van der Waals surface area (Å²) >= 11 is 0. The van der Waals surface area contributed by atoms with Gasteiger partial charge >= 0.3 is 7.82 Å². The number of carbonyl (C=O) groups is 3. The molecule has 148 valence electrons. The number of likely N-dealkylation sites (tertiary alicyclic amines) is 1. The maximum atomic E-state index is 12.9. The van der Waals surface area contributed by atoms with Crippen LogP contribution >= 0.6 is 7.82 Å². The molecule has 0 aromatic heterocycles. The lowest BCUT2D eigenvalue weighted by Gasteiger charge is -2.29. The van der Waals surface area contributed by atoms with Gasteiger partial charge in [-0.3, -0.25) is 23.8 Å². The van der Waals surface area contributed by atoms with Crippen molar-refractivity contribution >= 4 is 25.5 Å². The van der Waals surface area contributed by atoms with Crippen LogP contribution in [-0.4, -0.2) is 63.3 Å². The van der Waals surface area contributed by atoms with Crippen molar-refractivity contribution in [1.82, 2.24) is 10.2 Å². The molecule has 3 amide bonds. The van der Waals surface area contributed by atoms with Gasteiger partial charge in [-0.2, -0.15) is 0 Å². The lowest BCUT2D eigenvalue weighted by Crippen LogP contribution is -2.49. The summed E-state index contributed by atoms with van der Waals surface area (Å²) < 4.78 is 21.1. The summed E-state index contributed by atoms with van der Waals surface area (Å²) in [4.78, 5) is 55.9. The van der Waals surface area contributed by atoms with E-state index in [4.69, 9.17) is 14.5 Å². The van der Waals surface area contributed by atoms with Crippen molar-refractivity contribution in [3.05, 3.63) is 24.3 Å². The van der Waals surface area contributed by atoms with Gasteiger partial charge in [0.05, 0.1) is 37.1 Å². The fourth-order valence-corrected chi connectivity index (χ4v) is 4.28. The number of nitrogens with one attached hydrogen (secondary N) is 1. The zero-order chi connectivity index (χ0) is 20.2. The average molecular weight is 400 g/mol. The average Bonchev–Trinajstić information content (AvgIpc) is 3.12. The molecule has 0 aliphatic carbocycles. The van der Waals surface area contributed by atoms with Crippen molar-refractivity contribution in [2.45, 2.75) is 25.0 Å². The number of hydrogen-bond acceptors (Lipinski definition) is 6. The Kier molecular flexibility index (Phi) is 4.69. The van der Waals surface area contributed by atoms with Gasteiger partial charge in [-0.1, -0.05) is 18.7 Å². The minimum Gasteiger partial charge on any atom is -0.357 e. The Balaban J connectivity index is 1.79. The maximum absolute atomic E-state index is 12.9. The zero-order valence-corrected chi connectivity index (χ0v) is 15.8. The molecule has 2 fully saturated rings. The highest BCUT2D eigenvalue weighted by Crippen LogP contribution is 2.57. The Bertz CT molecular complexity index is 804. The number of fused-ring (bicyclic) bond motifs is 5. The molecule has 0 aromatic rings. The molecule has 27 heavy (non-hydrogen) atoms. The molecule has 3 heterocycles. The van der Waals surface area contributed by atoms with Gasteiger partial charge in [0.25, 0.3) is 0 Å². The van der Waals surface area contributed by atoms with E-state index in [2.05, 4.69) is 16.4 Å².